The van der Waals surface area contributed by atoms with Gasteiger partial charge in [-0.25, -0.2) is 0 Å². The third kappa shape index (κ3) is 4.91. The van der Waals surface area contributed by atoms with E-state index in [0.717, 1.165) is 22.4 Å². The lowest BCUT2D eigenvalue weighted by Gasteiger charge is -2.01. The van der Waals surface area contributed by atoms with Gasteiger partial charge in [0.05, 0.1) is 0 Å². The lowest BCUT2D eigenvalue weighted by molar-refractivity contribution is -0.118. The van der Waals surface area contributed by atoms with Crippen LogP contribution in [-0.2, 0) is 16.0 Å². The van der Waals surface area contributed by atoms with E-state index in [1.54, 1.807) is 11.3 Å². The number of carbonyl (C=O) groups excluding carboxylic acids is 1. The number of Topliss-reactive ketones (excluding diaryl/α,β-unsaturated/α-hetero) is 1. The van der Waals surface area contributed by atoms with Crippen LogP contribution in [0.15, 0.2) is 15.9 Å². The number of thiophene rings is 1. The summed E-state index contributed by atoms with van der Waals surface area (Å²) in [5, 5.41) is 1.99. The highest BCUT2D eigenvalue weighted by molar-refractivity contribution is 9.10. The van der Waals surface area contributed by atoms with Gasteiger partial charge in [-0.15, -0.1) is 11.3 Å². The lowest BCUT2D eigenvalue weighted by atomic mass is 10.1. The van der Waals surface area contributed by atoms with Crippen LogP contribution in [0.4, 0.5) is 0 Å². The fraction of sp³-hybridized carbons (Fsp3) is 0.545. The summed E-state index contributed by atoms with van der Waals surface area (Å²) in [7, 11) is 0. The van der Waals surface area contributed by atoms with Crippen molar-refractivity contribution in [3.63, 3.8) is 0 Å². The SMILES string of the molecule is CCOCCCC(=O)Cc1sccc1Br. The van der Waals surface area contributed by atoms with Crippen LogP contribution in [-0.4, -0.2) is 19.0 Å². The van der Waals surface area contributed by atoms with Gasteiger partial charge in [-0.05, 0) is 40.7 Å². The van der Waals surface area contributed by atoms with Gasteiger partial charge in [-0.2, -0.15) is 0 Å². The summed E-state index contributed by atoms with van der Waals surface area (Å²) in [5.74, 6) is 0.290. The second kappa shape index (κ2) is 7.14. The van der Waals surface area contributed by atoms with E-state index in [4.69, 9.17) is 4.74 Å². The number of rotatable bonds is 7. The zero-order valence-electron chi connectivity index (χ0n) is 8.79. The normalized spacial score (nSPS) is 10.5. The molecule has 0 spiro atoms. The van der Waals surface area contributed by atoms with E-state index in [2.05, 4.69) is 15.9 Å². The van der Waals surface area contributed by atoms with Crippen LogP contribution in [0.3, 0.4) is 0 Å². The van der Waals surface area contributed by atoms with Gasteiger partial charge in [0, 0.05) is 35.4 Å². The largest absolute Gasteiger partial charge is 0.382 e. The van der Waals surface area contributed by atoms with Gasteiger partial charge >= 0.3 is 0 Å². The minimum atomic E-state index is 0.290. The van der Waals surface area contributed by atoms with Crippen molar-refractivity contribution in [3.05, 3.63) is 20.8 Å². The topological polar surface area (TPSA) is 26.3 Å². The predicted molar refractivity (Wildman–Crippen MR) is 66.5 cm³/mol. The van der Waals surface area contributed by atoms with Crippen LogP contribution < -0.4 is 0 Å². The fourth-order valence-electron chi connectivity index (χ4n) is 1.23. The van der Waals surface area contributed by atoms with E-state index in [0.29, 0.717) is 19.4 Å². The summed E-state index contributed by atoms with van der Waals surface area (Å²) in [5.41, 5.74) is 0. The minimum Gasteiger partial charge on any atom is -0.382 e. The second-order valence-corrected chi connectivity index (χ2v) is 5.06. The van der Waals surface area contributed by atoms with Crippen LogP contribution in [0, 0.1) is 0 Å². The number of ketones is 1. The Morgan fingerprint density at radius 3 is 3.00 bits per heavy atom. The van der Waals surface area contributed by atoms with Gasteiger partial charge in [-0.1, -0.05) is 0 Å². The third-order valence-electron chi connectivity index (χ3n) is 2.00. The Morgan fingerprint density at radius 1 is 1.60 bits per heavy atom. The highest BCUT2D eigenvalue weighted by atomic mass is 79.9. The number of hydrogen-bond donors (Lipinski definition) is 0. The average molecular weight is 291 g/mol. The molecule has 1 aromatic heterocycles. The van der Waals surface area contributed by atoms with E-state index in [9.17, 15) is 4.79 Å². The van der Waals surface area contributed by atoms with Crippen molar-refractivity contribution >= 4 is 33.0 Å². The summed E-state index contributed by atoms with van der Waals surface area (Å²) in [6, 6.07) is 1.98. The molecular formula is C11H15BrO2S. The Labute approximate surface area is 103 Å². The molecule has 1 heterocycles. The Kier molecular flexibility index (Phi) is 6.13. The molecule has 0 aliphatic heterocycles. The standard InChI is InChI=1S/C11H15BrO2S/c1-2-14-6-3-4-9(13)8-11-10(12)5-7-15-11/h5,7H,2-4,6,8H2,1H3. The smallest absolute Gasteiger partial charge is 0.138 e. The third-order valence-corrected chi connectivity index (χ3v) is 3.92. The first-order valence-electron chi connectivity index (χ1n) is 5.05. The van der Waals surface area contributed by atoms with Crippen LogP contribution in [0.1, 0.15) is 24.6 Å². The van der Waals surface area contributed by atoms with Gasteiger partial charge in [-0.3, -0.25) is 4.79 Å². The number of ether oxygens (including phenoxy) is 1. The van der Waals surface area contributed by atoms with Gasteiger partial charge in [0.2, 0.25) is 0 Å². The molecule has 0 unspecified atom stereocenters. The van der Waals surface area contributed by atoms with Crippen LogP contribution in [0.5, 0.6) is 0 Å². The molecule has 1 aromatic rings. The first kappa shape index (κ1) is 12.9. The Hall–Kier alpha value is -0.190. The number of carbonyl (C=O) groups is 1. The molecule has 0 saturated carbocycles. The molecule has 84 valence electrons. The van der Waals surface area contributed by atoms with E-state index >= 15 is 0 Å². The molecule has 0 radical (unpaired) electrons. The molecule has 0 aromatic carbocycles. The quantitative estimate of drug-likeness (QED) is 0.719. The minimum absolute atomic E-state index is 0.290. The van der Waals surface area contributed by atoms with E-state index in [-0.39, 0.29) is 5.78 Å². The maximum absolute atomic E-state index is 11.6. The maximum atomic E-state index is 11.6. The van der Waals surface area contributed by atoms with E-state index < -0.39 is 0 Å². The number of hydrogen-bond acceptors (Lipinski definition) is 3. The van der Waals surface area contributed by atoms with Crippen molar-refractivity contribution in [3.8, 4) is 0 Å². The zero-order valence-corrected chi connectivity index (χ0v) is 11.2. The predicted octanol–water partition coefficient (Wildman–Crippen LogP) is 3.44. The van der Waals surface area contributed by atoms with Crippen molar-refractivity contribution in [2.75, 3.05) is 13.2 Å². The fourth-order valence-corrected chi connectivity index (χ4v) is 2.76. The van der Waals surface area contributed by atoms with Crippen LogP contribution >= 0.6 is 27.3 Å². The van der Waals surface area contributed by atoms with Crippen LogP contribution in [0.25, 0.3) is 0 Å². The van der Waals surface area contributed by atoms with E-state index in [1.165, 1.54) is 0 Å². The molecule has 0 amide bonds. The summed E-state index contributed by atoms with van der Waals surface area (Å²) < 4.78 is 6.23. The lowest BCUT2D eigenvalue weighted by Crippen LogP contribution is -2.04. The van der Waals surface area contributed by atoms with Crippen molar-refractivity contribution in [1.29, 1.82) is 0 Å². The Bertz CT molecular complexity index is 309. The molecule has 2 nitrogen and oxygen atoms in total. The van der Waals surface area contributed by atoms with Gasteiger partial charge in [0.1, 0.15) is 5.78 Å². The molecule has 0 aliphatic rings. The molecule has 15 heavy (non-hydrogen) atoms. The Morgan fingerprint density at radius 2 is 2.40 bits per heavy atom. The van der Waals surface area contributed by atoms with Crippen molar-refractivity contribution in [2.24, 2.45) is 0 Å². The first-order valence-corrected chi connectivity index (χ1v) is 6.72. The van der Waals surface area contributed by atoms with Crippen molar-refractivity contribution in [1.82, 2.24) is 0 Å². The van der Waals surface area contributed by atoms with Crippen LogP contribution in [0.2, 0.25) is 0 Å². The van der Waals surface area contributed by atoms with Crippen molar-refractivity contribution < 1.29 is 9.53 Å². The number of halogens is 1. The molecule has 0 aliphatic carbocycles. The molecule has 1 rings (SSSR count). The summed E-state index contributed by atoms with van der Waals surface area (Å²) in [4.78, 5) is 12.7. The molecule has 0 N–H and O–H groups in total. The van der Waals surface area contributed by atoms with Crippen molar-refractivity contribution in [2.45, 2.75) is 26.2 Å². The molecule has 0 bridgehead atoms. The highest BCUT2D eigenvalue weighted by Crippen LogP contribution is 2.23. The highest BCUT2D eigenvalue weighted by Gasteiger charge is 2.07. The average Bonchev–Trinajstić information content (AvgIpc) is 2.59. The molecule has 0 atom stereocenters. The Balaban J connectivity index is 2.22. The van der Waals surface area contributed by atoms with E-state index in [1.807, 2.05) is 18.4 Å². The summed E-state index contributed by atoms with van der Waals surface area (Å²) in [6.45, 7) is 3.38. The monoisotopic (exact) mass is 290 g/mol. The summed E-state index contributed by atoms with van der Waals surface area (Å²) in [6.07, 6.45) is 1.99. The molecule has 0 saturated heterocycles. The second-order valence-electron chi connectivity index (χ2n) is 3.21. The first-order chi connectivity index (χ1) is 7.24. The van der Waals surface area contributed by atoms with Gasteiger partial charge in [0.25, 0.3) is 0 Å². The summed E-state index contributed by atoms with van der Waals surface area (Å²) >= 11 is 5.04. The zero-order chi connectivity index (χ0) is 11.1. The maximum Gasteiger partial charge on any atom is 0.138 e. The molecular weight excluding hydrogens is 276 g/mol. The van der Waals surface area contributed by atoms with Gasteiger partial charge < -0.3 is 4.74 Å². The van der Waals surface area contributed by atoms with Gasteiger partial charge in [0.15, 0.2) is 0 Å². The molecule has 0 fully saturated rings. The molecule has 4 heteroatoms.